The maximum Gasteiger partial charge on any atom is 0.0529 e. The molecule has 0 unspecified atom stereocenters. The van der Waals surface area contributed by atoms with E-state index in [1.807, 2.05) is 0 Å². The van der Waals surface area contributed by atoms with Crippen molar-refractivity contribution in [2.45, 2.75) is 90.6 Å². The monoisotopic (exact) mass is 238 g/mol. The van der Waals surface area contributed by atoms with Crippen molar-refractivity contribution in [2.24, 2.45) is 5.10 Å². The van der Waals surface area contributed by atoms with Gasteiger partial charge in [0.15, 0.2) is 0 Å². The van der Waals surface area contributed by atoms with Gasteiger partial charge in [0, 0.05) is 6.21 Å². The molecule has 1 saturated heterocycles. The Kier molecular flexibility index (Phi) is 5.03. The molecule has 100 valence electrons. The van der Waals surface area contributed by atoms with Gasteiger partial charge in [-0.05, 0) is 59.8 Å². The average molecular weight is 238 g/mol. The quantitative estimate of drug-likeness (QED) is 0.505. The number of unbranched alkanes of at least 4 members (excludes halogenated alkanes) is 3. The molecule has 0 spiro atoms. The lowest BCUT2D eigenvalue weighted by Gasteiger charge is -2.51. The molecule has 0 aromatic rings. The summed E-state index contributed by atoms with van der Waals surface area (Å²) in [5, 5.41) is 7.11. The molecule has 1 rings (SSSR count). The summed E-state index contributed by atoms with van der Waals surface area (Å²) in [6.45, 7) is 11.5. The Hall–Kier alpha value is -0.530. The zero-order valence-electron chi connectivity index (χ0n) is 12.4. The summed E-state index contributed by atoms with van der Waals surface area (Å²) in [5.41, 5.74) is 0.423. The van der Waals surface area contributed by atoms with Crippen LogP contribution in [0, 0.1) is 0 Å². The number of hydrogen-bond acceptors (Lipinski definition) is 2. The Labute approximate surface area is 107 Å². The van der Waals surface area contributed by atoms with Gasteiger partial charge in [-0.15, -0.1) is 0 Å². The van der Waals surface area contributed by atoms with Gasteiger partial charge in [-0.1, -0.05) is 19.8 Å². The Morgan fingerprint density at radius 3 is 2.18 bits per heavy atom. The Morgan fingerprint density at radius 1 is 1.06 bits per heavy atom. The van der Waals surface area contributed by atoms with Crippen LogP contribution in [0.5, 0.6) is 0 Å². The fraction of sp³-hybridized carbons (Fsp3) is 0.933. The lowest BCUT2D eigenvalue weighted by Crippen LogP contribution is -2.55. The molecule has 1 fully saturated rings. The molecule has 1 aliphatic rings. The van der Waals surface area contributed by atoms with E-state index in [9.17, 15) is 0 Å². The number of hydrazone groups is 1. The first-order valence-corrected chi connectivity index (χ1v) is 7.23. The smallest absolute Gasteiger partial charge is 0.0529 e. The summed E-state index contributed by atoms with van der Waals surface area (Å²) in [6, 6.07) is 0. The van der Waals surface area contributed by atoms with Crippen LogP contribution in [-0.2, 0) is 0 Å². The zero-order valence-corrected chi connectivity index (χ0v) is 12.4. The minimum Gasteiger partial charge on any atom is -0.286 e. The van der Waals surface area contributed by atoms with E-state index in [1.54, 1.807) is 0 Å². The second-order valence-corrected chi connectivity index (χ2v) is 6.58. The van der Waals surface area contributed by atoms with Gasteiger partial charge >= 0.3 is 0 Å². The standard InChI is InChI=1S/C15H30N2/c1-6-7-8-9-13-16-17-14(2,3)11-10-12-15(17,4)5/h13H,6-12H2,1-5H3. The molecular weight excluding hydrogens is 208 g/mol. The minimum atomic E-state index is 0.211. The first kappa shape index (κ1) is 14.5. The zero-order chi connectivity index (χ0) is 12.9. The van der Waals surface area contributed by atoms with Crippen LogP contribution in [0.25, 0.3) is 0 Å². The van der Waals surface area contributed by atoms with E-state index < -0.39 is 0 Å². The van der Waals surface area contributed by atoms with Crippen LogP contribution in [0.1, 0.15) is 79.6 Å². The van der Waals surface area contributed by atoms with E-state index in [4.69, 9.17) is 5.10 Å². The molecule has 0 aromatic carbocycles. The second-order valence-electron chi connectivity index (χ2n) is 6.58. The summed E-state index contributed by atoms with van der Waals surface area (Å²) in [5.74, 6) is 0. The molecule has 0 radical (unpaired) electrons. The van der Waals surface area contributed by atoms with E-state index in [0.29, 0.717) is 0 Å². The summed E-state index contributed by atoms with van der Waals surface area (Å²) in [7, 11) is 0. The second kappa shape index (κ2) is 5.88. The Morgan fingerprint density at radius 2 is 1.65 bits per heavy atom. The number of hydrogen-bond donors (Lipinski definition) is 0. The molecule has 2 heteroatoms. The van der Waals surface area contributed by atoms with E-state index >= 15 is 0 Å². The van der Waals surface area contributed by atoms with Gasteiger partial charge in [-0.25, -0.2) is 0 Å². The van der Waals surface area contributed by atoms with E-state index in [1.165, 1.54) is 38.5 Å². The van der Waals surface area contributed by atoms with Crippen LogP contribution < -0.4 is 0 Å². The highest BCUT2D eigenvalue weighted by molar-refractivity contribution is 5.56. The van der Waals surface area contributed by atoms with Crippen LogP contribution in [-0.4, -0.2) is 22.3 Å². The van der Waals surface area contributed by atoms with Crippen LogP contribution in [0.3, 0.4) is 0 Å². The molecule has 0 aromatic heterocycles. The Balaban J connectivity index is 2.57. The lowest BCUT2D eigenvalue weighted by atomic mass is 9.82. The van der Waals surface area contributed by atoms with Gasteiger partial charge in [-0.2, -0.15) is 5.10 Å². The third-order valence-corrected chi connectivity index (χ3v) is 3.86. The van der Waals surface area contributed by atoms with Crippen molar-refractivity contribution in [1.29, 1.82) is 0 Å². The van der Waals surface area contributed by atoms with Crippen LogP contribution in [0.15, 0.2) is 5.10 Å². The first-order valence-electron chi connectivity index (χ1n) is 7.23. The molecular formula is C15H30N2. The van der Waals surface area contributed by atoms with Crippen molar-refractivity contribution < 1.29 is 0 Å². The van der Waals surface area contributed by atoms with Gasteiger partial charge < -0.3 is 0 Å². The number of rotatable bonds is 5. The molecule has 1 heterocycles. The van der Waals surface area contributed by atoms with Gasteiger partial charge in [0.1, 0.15) is 0 Å². The lowest BCUT2D eigenvalue weighted by molar-refractivity contribution is -0.0243. The first-order chi connectivity index (χ1) is 7.90. The SMILES string of the molecule is CCCCCC=NN1C(C)(C)CCCC1(C)C. The minimum absolute atomic E-state index is 0.211. The van der Waals surface area contributed by atoms with Crippen LogP contribution in [0.4, 0.5) is 0 Å². The van der Waals surface area contributed by atoms with Crippen molar-refractivity contribution in [3.05, 3.63) is 0 Å². The summed E-state index contributed by atoms with van der Waals surface area (Å²) in [6.07, 6.45) is 11.0. The highest BCUT2D eigenvalue weighted by Crippen LogP contribution is 2.38. The van der Waals surface area contributed by atoms with Crippen molar-refractivity contribution in [3.63, 3.8) is 0 Å². The summed E-state index contributed by atoms with van der Waals surface area (Å²) < 4.78 is 0. The van der Waals surface area contributed by atoms with Gasteiger partial charge in [0.25, 0.3) is 0 Å². The molecule has 1 aliphatic heterocycles. The van der Waals surface area contributed by atoms with Gasteiger partial charge in [0.05, 0.1) is 11.1 Å². The third kappa shape index (κ3) is 4.01. The molecule has 0 aliphatic carbocycles. The van der Waals surface area contributed by atoms with Gasteiger partial charge in [-0.3, -0.25) is 5.01 Å². The highest BCUT2D eigenvalue weighted by atomic mass is 15.5. The number of nitrogens with zero attached hydrogens (tertiary/aromatic N) is 2. The number of piperidine rings is 1. The molecule has 0 saturated carbocycles. The molecule has 0 atom stereocenters. The normalized spacial score (nSPS) is 23.2. The molecule has 0 amide bonds. The van der Waals surface area contributed by atoms with E-state index in [0.717, 1.165) is 6.42 Å². The van der Waals surface area contributed by atoms with Crippen LogP contribution in [0.2, 0.25) is 0 Å². The summed E-state index contributed by atoms with van der Waals surface area (Å²) in [4.78, 5) is 0. The van der Waals surface area contributed by atoms with Crippen molar-refractivity contribution in [2.75, 3.05) is 0 Å². The third-order valence-electron chi connectivity index (χ3n) is 3.86. The molecule has 0 N–H and O–H groups in total. The molecule has 17 heavy (non-hydrogen) atoms. The maximum atomic E-state index is 4.77. The largest absolute Gasteiger partial charge is 0.286 e. The van der Waals surface area contributed by atoms with Gasteiger partial charge in [0.2, 0.25) is 0 Å². The highest BCUT2D eigenvalue weighted by Gasteiger charge is 2.40. The Bertz CT molecular complexity index is 238. The average Bonchev–Trinajstić information content (AvgIpc) is 2.20. The molecule has 0 bridgehead atoms. The van der Waals surface area contributed by atoms with E-state index in [2.05, 4.69) is 45.8 Å². The maximum absolute atomic E-state index is 4.77. The fourth-order valence-corrected chi connectivity index (χ4v) is 2.92. The van der Waals surface area contributed by atoms with Crippen molar-refractivity contribution in [1.82, 2.24) is 5.01 Å². The fourth-order valence-electron chi connectivity index (χ4n) is 2.92. The van der Waals surface area contributed by atoms with Crippen LogP contribution >= 0.6 is 0 Å². The van der Waals surface area contributed by atoms with E-state index in [-0.39, 0.29) is 11.1 Å². The van der Waals surface area contributed by atoms with Crippen molar-refractivity contribution >= 4 is 6.21 Å². The predicted molar refractivity (Wildman–Crippen MR) is 76.5 cm³/mol. The summed E-state index contributed by atoms with van der Waals surface area (Å²) >= 11 is 0. The van der Waals surface area contributed by atoms with Crippen molar-refractivity contribution in [3.8, 4) is 0 Å². The predicted octanol–water partition coefficient (Wildman–Crippen LogP) is 4.60. The molecule has 2 nitrogen and oxygen atoms in total. The topological polar surface area (TPSA) is 15.6 Å².